The smallest absolute Gasteiger partial charge is 0.301 e. The minimum Gasteiger partial charge on any atom is -0.455 e. The van der Waals surface area contributed by atoms with Gasteiger partial charge in [-0.2, -0.15) is 5.10 Å². The molecule has 0 spiro atoms. The third-order valence-corrected chi connectivity index (χ3v) is 3.73. The molecule has 0 aliphatic carbocycles. The maximum atomic E-state index is 11.1. The van der Waals surface area contributed by atoms with Crippen molar-refractivity contribution in [3.8, 4) is 11.3 Å². The van der Waals surface area contributed by atoms with Crippen LogP contribution in [0.15, 0.2) is 64.1 Å². The summed E-state index contributed by atoms with van der Waals surface area (Å²) in [6.07, 6.45) is 1.24. The number of nitro benzene ring substituents is 3. The lowest BCUT2D eigenvalue weighted by Crippen LogP contribution is -1.98. The Labute approximate surface area is 161 Å². The van der Waals surface area contributed by atoms with E-state index in [2.05, 4.69) is 10.5 Å². The minimum absolute atomic E-state index is 0.0395. The number of benzene rings is 2. The van der Waals surface area contributed by atoms with Crippen LogP contribution in [0.1, 0.15) is 5.76 Å². The van der Waals surface area contributed by atoms with Crippen LogP contribution in [0.3, 0.4) is 0 Å². The van der Waals surface area contributed by atoms with Gasteiger partial charge in [0.2, 0.25) is 0 Å². The van der Waals surface area contributed by atoms with Crippen molar-refractivity contribution in [2.75, 3.05) is 5.43 Å². The standard InChI is InChI=1S/C17H11N5O7/c23-20(24)12-3-1-2-11(8-12)17-7-5-14(29-17)10-18-19-15-6-4-13(21(25)26)9-16(15)22(27)28/h1-10,19H. The molecule has 0 radical (unpaired) electrons. The van der Waals surface area contributed by atoms with Crippen molar-refractivity contribution in [1.82, 2.24) is 0 Å². The van der Waals surface area contributed by atoms with Crippen LogP contribution in [0.5, 0.6) is 0 Å². The number of nitrogens with zero attached hydrogens (tertiary/aromatic N) is 4. The lowest BCUT2D eigenvalue weighted by Gasteiger charge is -2.01. The summed E-state index contributed by atoms with van der Waals surface area (Å²) in [6, 6.07) is 12.1. The minimum atomic E-state index is -0.766. The van der Waals surface area contributed by atoms with E-state index >= 15 is 0 Å². The first-order chi connectivity index (χ1) is 13.8. The fourth-order valence-electron chi connectivity index (χ4n) is 2.39. The highest BCUT2D eigenvalue weighted by molar-refractivity contribution is 5.79. The lowest BCUT2D eigenvalue weighted by atomic mass is 10.1. The van der Waals surface area contributed by atoms with Gasteiger partial charge in [-0.3, -0.25) is 35.8 Å². The van der Waals surface area contributed by atoms with Crippen LogP contribution in [-0.4, -0.2) is 21.0 Å². The molecule has 3 aromatic rings. The molecule has 146 valence electrons. The van der Waals surface area contributed by atoms with Gasteiger partial charge in [0.15, 0.2) is 0 Å². The zero-order valence-corrected chi connectivity index (χ0v) is 14.4. The molecule has 0 aliphatic heterocycles. The summed E-state index contributed by atoms with van der Waals surface area (Å²) < 4.78 is 5.54. The number of hydrogen-bond donors (Lipinski definition) is 1. The first kappa shape index (κ1) is 19.2. The largest absolute Gasteiger partial charge is 0.455 e. The van der Waals surface area contributed by atoms with E-state index in [1.807, 2.05) is 0 Å². The number of rotatable bonds is 7. The Kier molecular flexibility index (Phi) is 5.26. The summed E-state index contributed by atoms with van der Waals surface area (Å²) in [5.74, 6) is 0.653. The maximum Gasteiger partial charge on any atom is 0.301 e. The Balaban J connectivity index is 1.77. The van der Waals surface area contributed by atoms with Crippen LogP contribution in [0, 0.1) is 30.3 Å². The molecule has 12 nitrogen and oxygen atoms in total. The van der Waals surface area contributed by atoms with E-state index in [9.17, 15) is 30.3 Å². The Morgan fingerprint density at radius 3 is 2.28 bits per heavy atom. The van der Waals surface area contributed by atoms with E-state index in [1.54, 1.807) is 18.2 Å². The summed E-state index contributed by atoms with van der Waals surface area (Å²) in [5, 5.41) is 36.5. The van der Waals surface area contributed by atoms with Gasteiger partial charge in [-0.25, -0.2) is 0 Å². The number of nitro groups is 3. The van der Waals surface area contributed by atoms with Gasteiger partial charge in [0.1, 0.15) is 17.2 Å². The number of non-ortho nitro benzene ring substituents is 2. The highest BCUT2D eigenvalue weighted by Crippen LogP contribution is 2.29. The molecular weight excluding hydrogens is 386 g/mol. The Morgan fingerprint density at radius 1 is 0.862 bits per heavy atom. The molecule has 29 heavy (non-hydrogen) atoms. The molecule has 1 heterocycles. The van der Waals surface area contributed by atoms with Gasteiger partial charge < -0.3 is 4.42 Å². The third-order valence-electron chi connectivity index (χ3n) is 3.73. The van der Waals surface area contributed by atoms with Crippen LogP contribution in [0.2, 0.25) is 0 Å². The van der Waals surface area contributed by atoms with Crippen LogP contribution < -0.4 is 5.43 Å². The molecule has 0 aliphatic rings. The number of hydrazone groups is 1. The predicted octanol–water partition coefficient (Wildman–Crippen LogP) is 4.12. The number of anilines is 1. The van der Waals surface area contributed by atoms with Gasteiger partial charge in [-0.05, 0) is 18.2 Å². The second kappa shape index (κ2) is 7.96. The summed E-state index contributed by atoms with van der Waals surface area (Å²) >= 11 is 0. The summed E-state index contributed by atoms with van der Waals surface area (Å²) in [7, 11) is 0. The number of furan rings is 1. The van der Waals surface area contributed by atoms with E-state index in [4.69, 9.17) is 4.42 Å². The van der Waals surface area contributed by atoms with Crippen LogP contribution in [0.25, 0.3) is 11.3 Å². The molecule has 0 fully saturated rings. The Morgan fingerprint density at radius 2 is 1.59 bits per heavy atom. The SMILES string of the molecule is O=[N+]([O-])c1cccc(-c2ccc(C=NNc3ccc([N+](=O)[O-])cc3[N+](=O)[O-])o2)c1. The molecule has 3 rings (SSSR count). The van der Waals surface area contributed by atoms with Gasteiger partial charge in [-0.1, -0.05) is 12.1 Å². The molecule has 0 atom stereocenters. The number of nitrogens with one attached hydrogen (secondary N) is 1. The average Bonchev–Trinajstić information content (AvgIpc) is 3.17. The van der Waals surface area contributed by atoms with E-state index in [0.717, 1.165) is 12.1 Å². The monoisotopic (exact) mass is 397 g/mol. The zero-order chi connectivity index (χ0) is 21.0. The molecule has 0 bridgehead atoms. The van der Waals surface area contributed by atoms with Crippen LogP contribution in [0.4, 0.5) is 22.7 Å². The van der Waals surface area contributed by atoms with E-state index in [1.165, 1.54) is 30.5 Å². The Bertz CT molecular complexity index is 1140. The summed E-state index contributed by atoms with van der Waals surface area (Å²) in [5.41, 5.74) is 1.89. The maximum absolute atomic E-state index is 11.1. The van der Waals surface area contributed by atoms with Crippen LogP contribution in [-0.2, 0) is 0 Å². The average molecular weight is 397 g/mol. The van der Waals surface area contributed by atoms with Gasteiger partial charge in [0, 0.05) is 23.8 Å². The first-order valence-corrected chi connectivity index (χ1v) is 7.92. The van der Waals surface area contributed by atoms with Crippen molar-refractivity contribution in [3.63, 3.8) is 0 Å². The van der Waals surface area contributed by atoms with Crippen molar-refractivity contribution >= 4 is 29.0 Å². The van der Waals surface area contributed by atoms with Crippen molar-refractivity contribution < 1.29 is 19.2 Å². The molecule has 1 N–H and O–H groups in total. The van der Waals surface area contributed by atoms with Gasteiger partial charge in [-0.15, -0.1) is 0 Å². The summed E-state index contributed by atoms with van der Waals surface area (Å²) in [4.78, 5) is 30.7. The Hall–Kier alpha value is -4.61. The number of hydrogen-bond acceptors (Lipinski definition) is 9. The first-order valence-electron chi connectivity index (χ1n) is 7.92. The second-order valence-electron chi connectivity index (χ2n) is 5.60. The third kappa shape index (κ3) is 4.39. The topological polar surface area (TPSA) is 167 Å². The second-order valence-corrected chi connectivity index (χ2v) is 5.60. The fraction of sp³-hybridized carbons (Fsp3) is 0. The molecule has 0 saturated carbocycles. The summed E-state index contributed by atoms with van der Waals surface area (Å²) in [6.45, 7) is 0. The molecule has 0 unspecified atom stereocenters. The molecule has 2 aromatic carbocycles. The molecule has 12 heteroatoms. The highest BCUT2D eigenvalue weighted by atomic mass is 16.6. The van der Waals surface area contributed by atoms with Gasteiger partial charge in [0.25, 0.3) is 11.4 Å². The molecule has 0 saturated heterocycles. The highest BCUT2D eigenvalue weighted by Gasteiger charge is 2.19. The van der Waals surface area contributed by atoms with E-state index in [0.29, 0.717) is 11.3 Å². The van der Waals surface area contributed by atoms with E-state index < -0.39 is 26.1 Å². The molecular formula is C17H11N5O7. The quantitative estimate of drug-likeness (QED) is 0.353. The fourth-order valence-corrected chi connectivity index (χ4v) is 2.39. The predicted molar refractivity (Wildman–Crippen MR) is 102 cm³/mol. The molecule has 1 aromatic heterocycles. The lowest BCUT2D eigenvalue weighted by molar-refractivity contribution is -0.393. The van der Waals surface area contributed by atoms with Crippen molar-refractivity contribution in [3.05, 3.63) is 90.7 Å². The van der Waals surface area contributed by atoms with E-state index in [-0.39, 0.29) is 17.1 Å². The van der Waals surface area contributed by atoms with Crippen molar-refractivity contribution in [2.45, 2.75) is 0 Å². The van der Waals surface area contributed by atoms with Gasteiger partial charge >= 0.3 is 5.69 Å². The van der Waals surface area contributed by atoms with Crippen molar-refractivity contribution in [2.24, 2.45) is 5.10 Å². The van der Waals surface area contributed by atoms with Crippen molar-refractivity contribution in [1.29, 1.82) is 0 Å². The molecule has 0 amide bonds. The normalized spacial score (nSPS) is 10.8. The zero-order valence-electron chi connectivity index (χ0n) is 14.4. The van der Waals surface area contributed by atoms with Gasteiger partial charge in [0.05, 0.1) is 27.1 Å². The van der Waals surface area contributed by atoms with Crippen LogP contribution >= 0.6 is 0 Å².